The Balaban J connectivity index is 2.19. The number of aliphatic hydroxyl groups excluding tert-OH is 2. The van der Waals surface area contributed by atoms with Crippen LogP contribution in [0.3, 0.4) is 0 Å². The number of carboxylic acids is 2. The average Bonchev–Trinajstić information content (AvgIpc) is 0.888. The number of carboxylic acid groups (broad SMARTS) is 2. The maximum absolute atomic E-state index is 14.1. The minimum Gasteiger partial charge on any atom is -0.508 e. The van der Waals surface area contributed by atoms with Crippen molar-refractivity contribution >= 4 is 145 Å². The van der Waals surface area contributed by atoms with Crippen molar-refractivity contribution in [1.82, 2.24) is 79.8 Å². The maximum Gasteiger partial charge on any atom is 0.327 e. The van der Waals surface area contributed by atoms with Crippen LogP contribution in [0.4, 0.5) is 0 Å². The zero-order valence-electron chi connectivity index (χ0n) is 54.8. The minimum absolute atomic E-state index is 0.137. The van der Waals surface area contributed by atoms with Gasteiger partial charge in [0, 0.05) is 35.9 Å². The highest BCUT2D eigenvalue weighted by molar-refractivity contribution is 7.80. The molecule has 20 N–H and O–H groups in total. The van der Waals surface area contributed by atoms with E-state index in [0.717, 1.165) is 6.92 Å². The lowest BCUT2D eigenvalue weighted by atomic mass is 9.97. The van der Waals surface area contributed by atoms with Crippen molar-refractivity contribution in [2.24, 2.45) is 5.92 Å². The molecule has 98 heavy (non-hydrogen) atoms. The van der Waals surface area contributed by atoms with E-state index in [2.05, 4.69) is 130 Å². The van der Waals surface area contributed by atoms with Gasteiger partial charge in [-0.25, -0.2) is 4.79 Å². The number of aromatic hydroxyl groups is 1. The van der Waals surface area contributed by atoms with Crippen molar-refractivity contribution in [3.05, 3.63) is 29.8 Å². The lowest BCUT2D eigenvalue weighted by Gasteiger charge is -2.29. The second kappa shape index (κ2) is 43.3. The zero-order chi connectivity index (χ0) is 74.3. The topological polar surface area (TPSA) is 555 Å². The third-order valence-electron chi connectivity index (χ3n) is 15.0. The monoisotopic (exact) mass is 1460 g/mol. The standard InChI is InChI=1S/C58H91N15O21S4/c1-8-25(2)43(72-50(85)34(15-16-42(78)79)66-55(90)39(23-97)71-57(92)44(30(7)75)73-52(87)36(20-74)68-49(84)33-10-9-17-59-33)56(91)70-38(22-96)54(89)64-29(6)47(82)67-35(18-31-11-13-32(76)14-12-31)51(86)63-27(4)46(81)61-28(5)48(83)69-37(21-95)53(88)62-26(3)45(80)60-19-41(77)65-40(24-98)58(93)94/h11-14,25-30,33-40,43-44,59,74-76,95-98H,8-10,15-24H2,1-7H3,(H,60,80)(H,61,81)(H,62,88)(H,63,86)(H,64,89)(H,65,77)(H,66,90)(H,67,82)(H,68,84)(H,69,83)(H,70,91)(H,71,92)(H,72,85)(H,73,87)(H,78,79)(H,93,94)/t25-,26-,27-,28-,29-,30+,33-,34-,35-,36-,37-,38-,39-,40-,43-,44-/m0/s1. The highest BCUT2D eigenvalue weighted by atomic mass is 32.1. The first-order valence-corrected chi connectivity index (χ1v) is 33.5. The zero-order valence-corrected chi connectivity index (χ0v) is 58.4. The maximum atomic E-state index is 14.1. The van der Waals surface area contributed by atoms with Gasteiger partial charge < -0.3 is 105 Å². The Labute approximate surface area is 586 Å². The van der Waals surface area contributed by atoms with Crippen LogP contribution in [0.1, 0.15) is 86.1 Å². The molecule has 1 aromatic carbocycles. The predicted octanol–water partition coefficient (Wildman–Crippen LogP) is -7.73. The number of aliphatic hydroxyl groups is 2. The molecule has 0 aliphatic carbocycles. The van der Waals surface area contributed by atoms with E-state index in [1.54, 1.807) is 13.8 Å². The van der Waals surface area contributed by atoms with Gasteiger partial charge in [-0.3, -0.25) is 71.9 Å². The molecule has 548 valence electrons. The molecule has 0 saturated carbocycles. The van der Waals surface area contributed by atoms with Crippen LogP contribution in [0.15, 0.2) is 24.3 Å². The van der Waals surface area contributed by atoms with Crippen LogP contribution >= 0.6 is 50.5 Å². The number of hydrogen-bond donors (Lipinski definition) is 24. The summed E-state index contributed by atoms with van der Waals surface area (Å²) < 4.78 is 0. The smallest absolute Gasteiger partial charge is 0.327 e. The van der Waals surface area contributed by atoms with E-state index in [1.165, 1.54) is 52.0 Å². The number of aliphatic carboxylic acids is 2. The average molecular weight is 1460 g/mol. The number of hydrogen-bond acceptors (Lipinski definition) is 24. The molecular formula is C58H91N15O21S4. The number of carbonyl (C=O) groups is 16. The van der Waals surface area contributed by atoms with Crippen molar-refractivity contribution in [3.63, 3.8) is 0 Å². The van der Waals surface area contributed by atoms with E-state index in [-0.39, 0.29) is 30.1 Å². The molecule has 0 spiro atoms. The summed E-state index contributed by atoms with van der Waals surface area (Å²) in [7, 11) is 0. The van der Waals surface area contributed by atoms with E-state index >= 15 is 0 Å². The van der Waals surface area contributed by atoms with Crippen molar-refractivity contribution < 1.29 is 102 Å². The minimum atomic E-state index is -1.78. The summed E-state index contributed by atoms with van der Waals surface area (Å²) in [6, 6.07) is -14.5. The van der Waals surface area contributed by atoms with Gasteiger partial charge in [-0.2, -0.15) is 50.5 Å². The van der Waals surface area contributed by atoms with E-state index in [4.69, 9.17) is 5.11 Å². The molecule has 2 rings (SSSR count). The Morgan fingerprint density at radius 2 is 0.898 bits per heavy atom. The fraction of sp³-hybridized carbons (Fsp3) is 0.621. The van der Waals surface area contributed by atoms with Gasteiger partial charge in [0.25, 0.3) is 0 Å². The summed E-state index contributed by atoms with van der Waals surface area (Å²) in [5.74, 6) is -18.3. The highest BCUT2D eigenvalue weighted by Crippen LogP contribution is 2.14. The molecular weight excluding hydrogens is 1370 g/mol. The first-order valence-electron chi connectivity index (χ1n) is 31.0. The largest absolute Gasteiger partial charge is 0.508 e. The van der Waals surface area contributed by atoms with Crippen LogP contribution in [0.25, 0.3) is 0 Å². The molecule has 0 aromatic heterocycles. The number of carbonyl (C=O) groups excluding carboxylic acids is 14. The number of rotatable bonds is 42. The van der Waals surface area contributed by atoms with Gasteiger partial charge in [0.15, 0.2) is 0 Å². The second-order valence-corrected chi connectivity index (χ2v) is 24.4. The number of amides is 14. The molecule has 0 bridgehead atoms. The quantitative estimate of drug-likeness (QED) is 0.0270. The number of thiol groups is 4. The van der Waals surface area contributed by atoms with Crippen LogP contribution in [-0.2, 0) is 83.1 Å². The van der Waals surface area contributed by atoms with E-state index in [0.29, 0.717) is 24.9 Å². The molecule has 14 amide bonds. The Bertz CT molecular complexity index is 2990. The number of nitrogens with one attached hydrogen (secondary N) is 15. The Morgan fingerprint density at radius 3 is 1.35 bits per heavy atom. The van der Waals surface area contributed by atoms with Gasteiger partial charge in [-0.1, -0.05) is 32.4 Å². The SMILES string of the molecule is CC[C@H](C)[C@H](NC(=O)[C@H](CCC(=O)O)NC(=O)[C@H](CS)NC(=O)[C@@H](NC(=O)[C@H](CO)NC(=O)[C@@H]1CCCN1)[C@@H](C)O)C(=O)N[C@@H](CS)C(=O)N[C@@H](C)C(=O)N[C@@H](Cc1ccc(O)cc1)C(=O)N[C@@H](C)C(=O)N[C@@H](C)C(=O)N[C@@H](CS)C(=O)N[C@@H](C)C(=O)NCC(=O)N[C@@H](CS)C(=O)O. The molecule has 1 heterocycles. The molecule has 0 radical (unpaired) electrons. The Kier molecular flexibility index (Phi) is 37.9. The van der Waals surface area contributed by atoms with Crippen molar-refractivity contribution in [2.75, 3.05) is 42.7 Å². The fourth-order valence-corrected chi connectivity index (χ4v) is 9.89. The number of phenolic OH excluding ortho intramolecular Hbond substituents is 1. The third kappa shape index (κ3) is 29.1. The summed E-state index contributed by atoms with van der Waals surface area (Å²) in [6.45, 7) is 8.33. The van der Waals surface area contributed by atoms with Crippen molar-refractivity contribution in [3.8, 4) is 5.75 Å². The second-order valence-electron chi connectivity index (χ2n) is 22.9. The molecule has 36 nitrogen and oxygen atoms in total. The van der Waals surface area contributed by atoms with Crippen LogP contribution < -0.4 is 79.8 Å². The van der Waals surface area contributed by atoms with Crippen molar-refractivity contribution in [1.29, 1.82) is 0 Å². The van der Waals surface area contributed by atoms with Gasteiger partial charge in [-0.15, -0.1) is 0 Å². The molecule has 40 heteroatoms. The molecule has 1 aliphatic heterocycles. The summed E-state index contributed by atoms with van der Waals surface area (Å²) in [6.07, 6.45) is -1.78. The molecule has 0 unspecified atom stereocenters. The molecule has 1 fully saturated rings. The molecule has 1 aromatic rings. The Hall–Kier alpha value is -8.18. The molecule has 16 atom stereocenters. The first-order chi connectivity index (χ1) is 46.1. The lowest BCUT2D eigenvalue weighted by Crippen LogP contribution is -2.62. The van der Waals surface area contributed by atoms with Gasteiger partial charge in [-0.05, 0) is 84.0 Å². The van der Waals surface area contributed by atoms with Gasteiger partial charge in [0.2, 0.25) is 82.7 Å². The van der Waals surface area contributed by atoms with Gasteiger partial charge in [0.1, 0.15) is 84.3 Å². The predicted molar refractivity (Wildman–Crippen MR) is 362 cm³/mol. The van der Waals surface area contributed by atoms with E-state index in [9.17, 15) is 97.1 Å². The normalized spacial score (nSPS) is 17.1. The van der Waals surface area contributed by atoms with Crippen molar-refractivity contribution in [2.45, 2.75) is 178 Å². The molecule has 1 saturated heterocycles. The van der Waals surface area contributed by atoms with Crippen LogP contribution in [0.2, 0.25) is 0 Å². The van der Waals surface area contributed by atoms with Crippen LogP contribution in [0.5, 0.6) is 5.75 Å². The summed E-state index contributed by atoms with van der Waals surface area (Å²) in [5.41, 5.74) is 0.395. The third-order valence-corrected chi connectivity index (χ3v) is 16.5. The summed E-state index contributed by atoms with van der Waals surface area (Å²) in [4.78, 5) is 210. The van der Waals surface area contributed by atoms with E-state index in [1.807, 2.05) is 0 Å². The highest BCUT2D eigenvalue weighted by Gasteiger charge is 2.38. The van der Waals surface area contributed by atoms with Gasteiger partial charge in [0.05, 0.1) is 25.3 Å². The first kappa shape index (κ1) is 85.9. The Morgan fingerprint density at radius 1 is 0.490 bits per heavy atom. The number of benzene rings is 1. The van der Waals surface area contributed by atoms with E-state index < -0.39 is 229 Å². The lowest BCUT2D eigenvalue weighted by molar-refractivity contribution is -0.141. The summed E-state index contributed by atoms with van der Waals surface area (Å²) in [5, 5.41) is 84.9. The summed E-state index contributed by atoms with van der Waals surface area (Å²) >= 11 is 16.3. The van der Waals surface area contributed by atoms with Gasteiger partial charge >= 0.3 is 11.9 Å². The van der Waals surface area contributed by atoms with Crippen LogP contribution in [0, 0.1) is 5.92 Å². The fourth-order valence-electron chi connectivity index (χ4n) is 8.87. The molecule has 1 aliphatic rings. The van der Waals surface area contributed by atoms with Crippen LogP contribution in [-0.4, -0.2) is 254 Å². The number of phenols is 1.